The summed E-state index contributed by atoms with van der Waals surface area (Å²) < 4.78 is 27.7. The molecule has 116 valence electrons. The standard InChI is InChI=1S/C15H14ClNO3S2/c1-10(18)11-3-2-4-13(7-11)22(19,20)17-6-5-14-12(9-17)8-15(16)21-14/h2-4,7-8H,5-6,9H2,1H3. The van der Waals surface area contributed by atoms with Crippen molar-refractivity contribution in [1.29, 1.82) is 0 Å². The number of carbonyl (C=O) groups excluding carboxylic acids is 1. The van der Waals surface area contributed by atoms with Crippen molar-refractivity contribution in [3.63, 3.8) is 0 Å². The van der Waals surface area contributed by atoms with E-state index < -0.39 is 10.0 Å². The van der Waals surface area contributed by atoms with Gasteiger partial charge in [0, 0.05) is 23.5 Å². The van der Waals surface area contributed by atoms with E-state index in [-0.39, 0.29) is 10.7 Å². The van der Waals surface area contributed by atoms with E-state index in [1.54, 1.807) is 12.1 Å². The van der Waals surface area contributed by atoms with Gasteiger partial charge in [-0.05, 0) is 37.1 Å². The van der Waals surface area contributed by atoms with Gasteiger partial charge in [0.1, 0.15) is 0 Å². The van der Waals surface area contributed by atoms with Gasteiger partial charge in [0.05, 0.1) is 9.23 Å². The summed E-state index contributed by atoms with van der Waals surface area (Å²) in [5.41, 5.74) is 1.37. The molecule has 0 saturated heterocycles. The number of nitrogens with zero attached hydrogens (tertiary/aromatic N) is 1. The summed E-state index contributed by atoms with van der Waals surface area (Å²) in [6.45, 7) is 2.17. The zero-order valence-electron chi connectivity index (χ0n) is 11.9. The number of halogens is 1. The maximum Gasteiger partial charge on any atom is 0.243 e. The molecular formula is C15H14ClNO3S2. The van der Waals surface area contributed by atoms with Gasteiger partial charge in [-0.25, -0.2) is 8.42 Å². The normalized spacial score (nSPS) is 15.5. The third-order valence-electron chi connectivity index (χ3n) is 3.68. The second-order valence-corrected chi connectivity index (χ2v) is 8.88. The van der Waals surface area contributed by atoms with Crippen molar-refractivity contribution >= 4 is 38.7 Å². The fraction of sp³-hybridized carbons (Fsp3) is 0.267. The van der Waals surface area contributed by atoms with Crippen molar-refractivity contribution < 1.29 is 13.2 Å². The Labute approximate surface area is 138 Å². The molecule has 0 fully saturated rings. The smallest absolute Gasteiger partial charge is 0.243 e. The van der Waals surface area contributed by atoms with Crippen LogP contribution in [0.25, 0.3) is 0 Å². The highest BCUT2D eigenvalue weighted by Crippen LogP contribution is 2.33. The van der Waals surface area contributed by atoms with Gasteiger partial charge in [-0.15, -0.1) is 11.3 Å². The highest BCUT2D eigenvalue weighted by atomic mass is 35.5. The second kappa shape index (κ2) is 5.77. The third-order valence-corrected chi connectivity index (χ3v) is 6.89. The molecule has 4 nitrogen and oxygen atoms in total. The van der Waals surface area contributed by atoms with Crippen LogP contribution < -0.4 is 0 Å². The second-order valence-electron chi connectivity index (χ2n) is 5.17. The van der Waals surface area contributed by atoms with E-state index in [2.05, 4.69) is 0 Å². The van der Waals surface area contributed by atoms with Crippen LogP contribution >= 0.6 is 22.9 Å². The summed E-state index contributed by atoms with van der Waals surface area (Å²) in [5.74, 6) is -0.150. The van der Waals surface area contributed by atoms with Crippen molar-refractivity contribution in [3.05, 3.63) is 50.7 Å². The van der Waals surface area contributed by atoms with Crippen molar-refractivity contribution in [2.45, 2.75) is 24.8 Å². The molecule has 1 aromatic carbocycles. The first-order chi connectivity index (χ1) is 10.4. The molecule has 2 aromatic rings. The largest absolute Gasteiger partial charge is 0.295 e. The molecule has 0 aliphatic carbocycles. The Bertz CT molecular complexity index is 842. The molecule has 1 aromatic heterocycles. The molecule has 3 rings (SSSR count). The number of hydrogen-bond acceptors (Lipinski definition) is 4. The first-order valence-corrected chi connectivity index (χ1v) is 9.39. The molecule has 0 radical (unpaired) electrons. The predicted octanol–water partition coefficient (Wildman–Crippen LogP) is 3.35. The Morgan fingerprint density at radius 2 is 2.09 bits per heavy atom. The third kappa shape index (κ3) is 2.84. The summed E-state index contributed by atoms with van der Waals surface area (Å²) in [4.78, 5) is 12.8. The minimum atomic E-state index is -3.61. The van der Waals surface area contributed by atoms with E-state index in [0.29, 0.717) is 29.4 Å². The highest BCUT2D eigenvalue weighted by Gasteiger charge is 2.29. The maximum absolute atomic E-state index is 12.8. The summed E-state index contributed by atoms with van der Waals surface area (Å²) in [6, 6.07) is 8.01. The van der Waals surface area contributed by atoms with Crippen LogP contribution in [0.2, 0.25) is 4.34 Å². The molecular weight excluding hydrogens is 342 g/mol. The maximum atomic E-state index is 12.8. The van der Waals surface area contributed by atoms with Crippen LogP contribution in [0.15, 0.2) is 35.2 Å². The fourth-order valence-corrected chi connectivity index (χ4v) is 5.26. The Morgan fingerprint density at radius 1 is 1.32 bits per heavy atom. The van der Waals surface area contributed by atoms with E-state index >= 15 is 0 Å². The fourth-order valence-electron chi connectivity index (χ4n) is 2.50. The highest BCUT2D eigenvalue weighted by molar-refractivity contribution is 7.89. The van der Waals surface area contributed by atoms with Crippen LogP contribution in [0, 0.1) is 0 Å². The van der Waals surface area contributed by atoms with Crippen LogP contribution in [-0.2, 0) is 23.0 Å². The number of fused-ring (bicyclic) bond motifs is 1. The van der Waals surface area contributed by atoms with Crippen LogP contribution in [0.1, 0.15) is 27.7 Å². The molecule has 0 atom stereocenters. The number of benzene rings is 1. The zero-order chi connectivity index (χ0) is 15.9. The van der Waals surface area contributed by atoms with Gasteiger partial charge in [0.25, 0.3) is 0 Å². The monoisotopic (exact) mass is 355 g/mol. The quantitative estimate of drug-likeness (QED) is 0.793. The lowest BCUT2D eigenvalue weighted by Crippen LogP contribution is -2.35. The lowest BCUT2D eigenvalue weighted by Gasteiger charge is -2.26. The predicted molar refractivity (Wildman–Crippen MR) is 87.1 cm³/mol. The first kappa shape index (κ1) is 15.7. The van der Waals surface area contributed by atoms with Gasteiger partial charge < -0.3 is 0 Å². The topological polar surface area (TPSA) is 54.5 Å². The van der Waals surface area contributed by atoms with Crippen LogP contribution in [-0.4, -0.2) is 25.1 Å². The van der Waals surface area contributed by atoms with Crippen LogP contribution in [0.5, 0.6) is 0 Å². The Kier molecular flexibility index (Phi) is 4.11. The van der Waals surface area contributed by atoms with Gasteiger partial charge in [-0.3, -0.25) is 4.79 Å². The number of sulfonamides is 1. The van der Waals surface area contributed by atoms with E-state index in [9.17, 15) is 13.2 Å². The zero-order valence-corrected chi connectivity index (χ0v) is 14.3. The Morgan fingerprint density at radius 3 is 2.82 bits per heavy atom. The van der Waals surface area contributed by atoms with Gasteiger partial charge in [0.15, 0.2) is 5.78 Å². The van der Waals surface area contributed by atoms with Crippen molar-refractivity contribution in [2.75, 3.05) is 6.54 Å². The SMILES string of the molecule is CC(=O)c1cccc(S(=O)(=O)N2CCc3sc(Cl)cc3C2)c1. The van der Waals surface area contributed by atoms with E-state index in [1.165, 1.54) is 34.7 Å². The van der Waals surface area contributed by atoms with E-state index in [0.717, 1.165) is 10.4 Å². The minimum Gasteiger partial charge on any atom is -0.295 e. The Balaban J connectivity index is 1.94. The number of thiophene rings is 1. The number of hydrogen-bond donors (Lipinski definition) is 0. The number of ketones is 1. The molecule has 0 saturated carbocycles. The molecule has 1 aliphatic rings. The number of rotatable bonds is 3. The average Bonchev–Trinajstić information content (AvgIpc) is 2.86. The lowest BCUT2D eigenvalue weighted by molar-refractivity contribution is 0.101. The molecule has 1 aliphatic heterocycles. The molecule has 0 bridgehead atoms. The Hall–Kier alpha value is -1.21. The van der Waals surface area contributed by atoms with Gasteiger partial charge in [0.2, 0.25) is 10.0 Å². The molecule has 0 spiro atoms. The summed E-state index contributed by atoms with van der Waals surface area (Å²) in [6.07, 6.45) is 0.665. The molecule has 22 heavy (non-hydrogen) atoms. The van der Waals surface area contributed by atoms with Gasteiger partial charge >= 0.3 is 0 Å². The summed E-state index contributed by atoms with van der Waals surface area (Å²) in [7, 11) is -3.61. The minimum absolute atomic E-state index is 0.150. The van der Waals surface area contributed by atoms with Gasteiger partial charge in [-0.1, -0.05) is 23.7 Å². The van der Waals surface area contributed by atoms with Crippen molar-refractivity contribution in [2.24, 2.45) is 0 Å². The lowest BCUT2D eigenvalue weighted by atomic mass is 10.1. The number of Topliss-reactive ketones (excluding diaryl/α,β-unsaturated/α-hetero) is 1. The summed E-state index contributed by atoms with van der Waals surface area (Å²) >= 11 is 7.50. The molecule has 0 amide bonds. The van der Waals surface area contributed by atoms with Crippen molar-refractivity contribution in [3.8, 4) is 0 Å². The number of carbonyl (C=O) groups is 1. The molecule has 2 heterocycles. The van der Waals surface area contributed by atoms with Gasteiger partial charge in [-0.2, -0.15) is 4.31 Å². The van der Waals surface area contributed by atoms with Crippen LogP contribution in [0.4, 0.5) is 0 Å². The van der Waals surface area contributed by atoms with E-state index in [1.807, 2.05) is 6.07 Å². The van der Waals surface area contributed by atoms with Crippen LogP contribution in [0.3, 0.4) is 0 Å². The molecule has 0 unspecified atom stereocenters. The summed E-state index contributed by atoms with van der Waals surface area (Å²) in [5, 5.41) is 0. The van der Waals surface area contributed by atoms with E-state index in [4.69, 9.17) is 11.6 Å². The van der Waals surface area contributed by atoms with Crippen molar-refractivity contribution in [1.82, 2.24) is 4.31 Å². The molecule has 0 N–H and O–H groups in total. The molecule has 7 heteroatoms. The first-order valence-electron chi connectivity index (χ1n) is 6.76. The average molecular weight is 356 g/mol.